The Balaban J connectivity index is 2.63. The van der Waals surface area contributed by atoms with E-state index >= 15 is 0 Å². The lowest BCUT2D eigenvalue weighted by Crippen LogP contribution is -2.16. The topological polar surface area (TPSA) is 16.1 Å². The SMILES string of the molecule is CCc1cnc(N(C)CC#CI)s1. The molecule has 1 heterocycles. The monoisotopic (exact) mass is 306 g/mol. The van der Waals surface area contributed by atoms with Crippen molar-refractivity contribution in [2.45, 2.75) is 13.3 Å². The quantitative estimate of drug-likeness (QED) is 0.630. The lowest BCUT2D eigenvalue weighted by atomic mass is 10.4. The summed E-state index contributed by atoms with van der Waals surface area (Å²) in [6.07, 6.45) is 3.00. The van der Waals surface area contributed by atoms with E-state index in [1.807, 2.05) is 35.8 Å². The van der Waals surface area contributed by atoms with Crippen molar-refractivity contribution < 1.29 is 0 Å². The zero-order chi connectivity index (χ0) is 9.68. The van der Waals surface area contributed by atoms with Gasteiger partial charge in [0.1, 0.15) is 0 Å². The van der Waals surface area contributed by atoms with E-state index in [4.69, 9.17) is 0 Å². The van der Waals surface area contributed by atoms with Crippen LogP contribution in [0.5, 0.6) is 0 Å². The maximum atomic E-state index is 4.31. The molecule has 0 unspecified atom stereocenters. The van der Waals surface area contributed by atoms with Crippen LogP contribution < -0.4 is 4.90 Å². The van der Waals surface area contributed by atoms with E-state index in [1.165, 1.54) is 4.88 Å². The first kappa shape index (κ1) is 10.8. The Morgan fingerprint density at radius 2 is 2.46 bits per heavy atom. The molecule has 1 aromatic heterocycles. The molecule has 0 aliphatic carbocycles. The van der Waals surface area contributed by atoms with Crippen molar-refractivity contribution in [3.63, 3.8) is 0 Å². The van der Waals surface area contributed by atoms with Gasteiger partial charge < -0.3 is 4.90 Å². The summed E-state index contributed by atoms with van der Waals surface area (Å²) >= 11 is 3.78. The second-order valence-electron chi connectivity index (χ2n) is 2.59. The second-order valence-corrected chi connectivity index (χ2v) is 4.22. The van der Waals surface area contributed by atoms with Gasteiger partial charge in [-0.2, -0.15) is 0 Å². The van der Waals surface area contributed by atoms with Crippen LogP contribution in [0.15, 0.2) is 6.20 Å². The molecule has 0 radical (unpaired) electrons. The first-order valence-electron chi connectivity index (χ1n) is 4.02. The highest BCUT2D eigenvalue weighted by molar-refractivity contribution is 14.1. The molecule has 1 rings (SSSR count). The minimum absolute atomic E-state index is 0.750. The minimum Gasteiger partial charge on any atom is -0.340 e. The molecule has 70 valence electrons. The minimum atomic E-state index is 0.750. The number of thiazole rings is 1. The van der Waals surface area contributed by atoms with Crippen molar-refractivity contribution in [3.8, 4) is 9.85 Å². The average molecular weight is 306 g/mol. The van der Waals surface area contributed by atoms with E-state index < -0.39 is 0 Å². The van der Waals surface area contributed by atoms with Crippen LogP contribution in [0.3, 0.4) is 0 Å². The van der Waals surface area contributed by atoms with Crippen molar-refractivity contribution in [2.75, 3.05) is 18.5 Å². The van der Waals surface area contributed by atoms with E-state index in [0.717, 1.165) is 18.1 Å². The predicted molar refractivity (Wildman–Crippen MR) is 66.6 cm³/mol. The maximum Gasteiger partial charge on any atom is 0.186 e. The van der Waals surface area contributed by atoms with Gasteiger partial charge >= 0.3 is 0 Å². The number of halogens is 1. The van der Waals surface area contributed by atoms with E-state index in [-0.39, 0.29) is 0 Å². The number of hydrogen-bond acceptors (Lipinski definition) is 3. The molecule has 4 heteroatoms. The van der Waals surface area contributed by atoms with Crippen molar-refractivity contribution in [1.29, 1.82) is 0 Å². The average Bonchev–Trinajstić information content (AvgIpc) is 2.62. The molecule has 0 spiro atoms. The molecule has 0 saturated carbocycles. The van der Waals surface area contributed by atoms with Gasteiger partial charge in [0, 0.05) is 40.7 Å². The van der Waals surface area contributed by atoms with Crippen LogP contribution in [0.2, 0.25) is 0 Å². The lowest BCUT2D eigenvalue weighted by molar-refractivity contribution is 1.03. The van der Waals surface area contributed by atoms with E-state index in [2.05, 4.69) is 26.7 Å². The highest BCUT2D eigenvalue weighted by Gasteiger charge is 2.03. The summed E-state index contributed by atoms with van der Waals surface area (Å²) < 4.78 is 2.84. The van der Waals surface area contributed by atoms with Gasteiger partial charge in [-0.25, -0.2) is 4.98 Å². The van der Waals surface area contributed by atoms with Crippen molar-refractivity contribution in [2.24, 2.45) is 0 Å². The van der Waals surface area contributed by atoms with Crippen LogP contribution in [0.1, 0.15) is 11.8 Å². The number of aromatic nitrogens is 1. The molecule has 0 aliphatic heterocycles. The summed E-state index contributed by atoms with van der Waals surface area (Å²) in [5.41, 5.74) is 0. The van der Waals surface area contributed by atoms with Gasteiger partial charge in [0.05, 0.1) is 6.54 Å². The number of anilines is 1. The van der Waals surface area contributed by atoms with Gasteiger partial charge in [0.25, 0.3) is 0 Å². The summed E-state index contributed by atoms with van der Waals surface area (Å²) in [4.78, 5) is 7.70. The van der Waals surface area contributed by atoms with Crippen LogP contribution >= 0.6 is 33.9 Å². The lowest BCUT2D eigenvalue weighted by Gasteiger charge is -2.10. The number of aryl methyl sites for hydroxylation is 1. The van der Waals surface area contributed by atoms with Crippen molar-refractivity contribution in [3.05, 3.63) is 11.1 Å². The standard InChI is InChI=1S/C9H11IN2S/c1-3-8-7-11-9(13-8)12(2)6-4-5-10/h7H,3,6H2,1-2H3. The second kappa shape index (κ2) is 5.45. The molecule has 0 N–H and O–H groups in total. The first-order chi connectivity index (χ1) is 6.27. The fourth-order valence-electron chi connectivity index (χ4n) is 0.853. The summed E-state index contributed by atoms with van der Waals surface area (Å²) in [6.45, 7) is 2.89. The van der Waals surface area contributed by atoms with E-state index in [1.54, 1.807) is 11.3 Å². The highest BCUT2D eigenvalue weighted by Crippen LogP contribution is 2.21. The normalized spacial score (nSPS) is 9.15. The molecule has 0 atom stereocenters. The zero-order valence-corrected chi connectivity index (χ0v) is 10.6. The third-order valence-electron chi connectivity index (χ3n) is 1.60. The van der Waals surface area contributed by atoms with Crippen LogP contribution in [-0.4, -0.2) is 18.6 Å². The van der Waals surface area contributed by atoms with Gasteiger partial charge in [-0.1, -0.05) is 12.8 Å². The molecule has 0 fully saturated rings. The Labute approximate surface area is 96.5 Å². The molecular weight excluding hydrogens is 295 g/mol. The Morgan fingerprint density at radius 1 is 1.69 bits per heavy atom. The zero-order valence-electron chi connectivity index (χ0n) is 7.67. The van der Waals surface area contributed by atoms with Crippen LogP contribution in [-0.2, 0) is 6.42 Å². The fourth-order valence-corrected chi connectivity index (χ4v) is 1.83. The molecule has 2 nitrogen and oxygen atoms in total. The van der Waals surface area contributed by atoms with Gasteiger partial charge in [0.15, 0.2) is 5.13 Å². The van der Waals surface area contributed by atoms with Gasteiger partial charge in [-0.3, -0.25) is 0 Å². The van der Waals surface area contributed by atoms with Crippen LogP contribution in [0.25, 0.3) is 0 Å². The molecule has 0 amide bonds. The molecule has 0 aromatic carbocycles. The van der Waals surface area contributed by atoms with Crippen LogP contribution in [0, 0.1) is 9.85 Å². The van der Waals surface area contributed by atoms with Crippen molar-refractivity contribution in [1.82, 2.24) is 4.98 Å². The Morgan fingerprint density at radius 3 is 3.00 bits per heavy atom. The molecule has 13 heavy (non-hydrogen) atoms. The van der Waals surface area contributed by atoms with Gasteiger partial charge in [-0.05, 0) is 10.3 Å². The van der Waals surface area contributed by atoms with Gasteiger partial charge in [0.2, 0.25) is 0 Å². The third-order valence-corrected chi connectivity index (χ3v) is 3.24. The summed E-state index contributed by atoms with van der Waals surface area (Å²) in [7, 11) is 2.01. The molecule has 0 saturated heterocycles. The third kappa shape index (κ3) is 3.16. The number of rotatable bonds is 3. The smallest absolute Gasteiger partial charge is 0.186 e. The molecule has 0 bridgehead atoms. The summed E-state index contributed by atoms with van der Waals surface area (Å²) in [6, 6.07) is 0. The Bertz CT molecular complexity index is 324. The maximum absolute atomic E-state index is 4.31. The van der Waals surface area contributed by atoms with E-state index in [0.29, 0.717) is 0 Å². The van der Waals surface area contributed by atoms with Gasteiger partial charge in [-0.15, -0.1) is 11.3 Å². The van der Waals surface area contributed by atoms with E-state index in [9.17, 15) is 0 Å². The fraction of sp³-hybridized carbons (Fsp3) is 0.444. The summed E-state index contributed by atoms with van der Waals surface area (Å²) in [5.74, 6) is 3.00. The predicted octanol–water partition coefficient (Wildman–Crippen LogP) is 2.54. The number of nitrogens with zero attached hydrogens (tertiary/aromatic N) is 2. The molecule has 1 aromatic rings. The van der Waals surface area contributed by atoms with Crippen LogP contribution in [0.4, 0.5) is 5.13 Å². The number of hydrogen-bond donors (Lipinski definition) is 0. The highest BCUT2D eigenvalue weighted by atomic mass is 127. The first-order valence-corrected chi connectivity index (χ1v) is 5.91. The molecule has 0 aliphatic rings. The van der Waals surface area contributed by atoms with Crippen molar-refractivity contribution >= 4 is 39.1 Å². The Kier molecular flexibility index (Phi) is 4.53. The Hall–Kier alpha value is -0.280. The largest absolute Gasteiger partial charge is 0.340 e. The molecular formula is C9H11IN2S. The summed E-state index contributed by atoms with van der Waals surface area (Å²) in [5, 5.41) is 1.05.